The minimum Gasteiger partial charge on any atom is -0.449 e. The molecular weight excluding hydrogens is 432 g/mol. The molecule has 0 fully saturated rings. The molecule has 8 nitrogen and oxygen atoms in total. The lowest BCUT2D eigenvalue weighted by molar-refractivity contribution is 0.0115. The number of aromatic nitrogens is 2. The molecule has 5 N–H and O–H groups in total. The summed E-state index contributed by atoms with van der Waals surface area (Å²) < 4.78 is 5.45. The highest BCUT2D eigenvalue weighted by Crippen LogP contribution is 2.44. The van der Waals surface area contributed by atoms with E-state index in [2.05, 4.69) is 27.4 Å². The predicted octanol–water partition coefficient (Wildman–Crippen LogP) is 3.04. The molecule has 4 rings (SSSR count). The maximum atomic E-state index is 12.2. The number of aliphatic hydroxyl groups excluding tert-OH is 2. The van der Waals surface area contributed by atoms with E-state index in [9.17, 15) is 15.0 Å². The lowest BCUT2D eigenvalue weighted by atomic mass is 9.98. The molecule has 0 saturated heterocycles. The number of carbonyl (C=O) groups excluding carboxylic acids is 1. The van der Waals surface area contributed by atoms with Crippen LogP contribution in [0.5, 0.6) is 0 Å². The third kappa shape index (κ3) is 4.52. The van der Waals surface area contributed by atoms with Gasteiger partial charge < -0.3 is 26.0 Å². The van der Waals surface area contributed by atoms with Gasteiger partial charge in [-0.3, -0.25) is 0 Å². The Balaban J connectivity index is 1.29. The number of nitrogens with zero attached hydrogens (tertiary/aromatic N) is 2. The van der Waals surface area contributed by atoms with Gasteiger partial charge in [-0.05, 0) is 28.7 Å². The van der Waals surface area contributed by atoms with Crippen LogP contribution in [0, 0.1) is 0 Å². The highest BCUT2D eigenvalue weighted by molar-refractivity contribution is 6.29. The van der Waals surface area contributed by atoms with Gasteiger partial charge in [0.15, 0.2) is 0 Å². The first-order valence-corrected chi connectivity index (χ1v) is 10.6. The molecule has 1 aromatic heterocycles. The highest BCUT2D eigenvalue weighted by atomic mass is 35.5. The maximum absolute atomic E-state index is 12.2. The van der Waals surface area contributed by atoms with Crippen molar-refractivity contribution in [3.8, 4) is 11.1 Å². The van der Waals surface area contributed by atoms with Gasteiger partial charge in [-0.25, -0.2) is 14.8 Å². The summed E-state index contributed by atoms with van der Waals surface area (Å²) in [6.07, 6.45) is -1.91. The van der Waals surface area contributed by atoms with E-state index in [1.165, 1.54) is 6.20 Å². The number of ether oxygens (including phenoxy) is 1. The van der Waals surface area contributed by atoms with E-state index < -0.39 is 18.3 Å². The average molecular weight is 455 g/mol. The largest absolute Gasteiger partial charge is 0.449 e. The van der Waals surface area contributed by atoms with Gasteiger partial charge in [-0.1, -0.05) is 60.1 Å². The van der Waals surface area contributed by atoms with Crippen LogP contribution in [0.25, 0.3) is 11.1 Å². The molecule has 32 heavy (non-hydrogen) atoms. The maximum Gasteiger partial charge on any atom is 0.407 e. The van der Waals surface area contributed by atoms with Crippen LogP contribution in [-0.4, -0.2) is 45.5 Å². The van der Waals surface area contributed by atoms with Crippen molar-refractivity contribution >= 4 is 23.5 Å². The van der Waals surface area contributed by atoms with Crippen molar-refractivity contribution in [2.75, 3.05) is 18.9 Å². The van der Waals surface area contributed by atoms with Crippen molar-refractivity contribution < 1.29 is 19.7 Å². The van der Waals surface area contributed by atoms with E-state index in [-0.39, 0.29) is 42.2 Å². The second kappa shape index (κ2) is 9.52. The first-order valence-electron chi connectivity index (χ1n) is 10.2. The molecule has 0 aliphatic heterocycles. The summed E-state index contributed by atoms with van der Waals surface area (Å²) in [4.78, 5) is 19.9. The number of fused-ring (bicyclic) bond motifs is 3. The Labute approximate surface area is 190 Å². The van der Waals surface area contributed by atoms with Gasteiger partial charge in [0.1, 0.15) is 29.4 Å². The zero-order valence-corrected chi connectivity index (χ0v) is 17.9. The molecule has 1 heterocycles. The Kier molecular flexibility index (Phi) is 6.55. The first-order chi connectivity index (χ1) is 15.5. The van der Waals surface area contributed by atoms with Crippen molar-refractivity contribution in [3.05, 3.63) is 76.7 Å². The van der Waals surface area contributed by atoms with Crippen LogP contribution in [0.4, 0.5) is 10.6 Å². The molecule has 2 aromatic carbocycles. The summed E-state index contributed by atoms with van der Waals surface area (Å²) in [5.74, 6) is -0.0598. The summed E-state index contributed by atoms with van der Waals surface area (Å²) in [7, 11) is 0. The SMILES string of the molecule is Nc1ncc(Cl)nc1C(O)C(O)CCNC(=O)OCC1c2ccccc2-c2ccccc21. The minimum absolute atomic E-state index is 0.00820. The van der Waals surface area contributed by atoms with Gasteiger partial charge in [-0.2, -0.15) is 0 Å². The molecule has 166 valence electrons. The third-order valence-electron chi connectivity index (χ3n) is 5.50. The number of carbonyl (C=O) groups is 1. The number of nitrogen functional groups attached to an aromatic ring is 1. The second-order valence-electron chi connectivity index (χ2n) is 7.52. The number of hydrogen-bond donors (Lipinski definition) is 4. The van der Waals surface area contributed by atoms with Crippen molar-refractivity contribution in [2.45, 2.75) is 24.5 Å². The van der Waals surface area contributed by atoms with Crippen LogP contribution in [0.3, 0.4) is 0 Å². The van der Waals surface area contributed by atoms with Crippen LogP contribution in [-0.2, 0) is 4.74 Å². The number of alkyl carbamates (subject to hydrolysis) is 1. The van der Waals surface area contributed by atoms with Crippen LogP contribution in [0.2, 0.25) is 5.15 Å². The Morgan fingerprint density at radius 2 is 1.75 bits per heavy atom. The van der Waals surface area contributed by atoms with E-state index in [0.29, 0.717) is 0 Å². The van der Waals surface area contributed by atoms with Crippen LogP contribution in [0.1, 0.15) is 35.3 Å². The molecule has 0 radical (unpaired) electrons. The predicted molar refractivity (Wildman–Crippen MR) is 120 cm³/mol. The van der Waals surface area contributed by atoms with Crippen LogP contribution < -0.4 is 11.1 Å². The third-order valence-corrected chi connectivity index (χ3v) is 5.68. The number of aliphatic hydroxyl groups is 2. The van der Waals surface area contributed by atoms with Gasteiger partial charge >= 0.3 is 6.09 Å². The molecule has 0 spiro atoms. The summed E-state index contributed by atoms with van der Waals surface area (Å²) in [5.41, 5.74) is 10.2. The molecule has 3 aromatic rings. The number of rotatable bonds is 7. The van der Waals surface area contributed by atoms with Gasteiger partial charge in [0, 0.05) is 12.5 Å². The summed E-state index contributed by atoms with van der Waals surface area (Å²) in [6.45, 7) is 0.280. The highest BCUT2D eigenvalue weighted by Gasteiger charge is 2.29. The molecule has 0 saturated carbocycles. The standard InChI is InChI=1S/C23H23ClN4O4/c24-19-11-27-22(25)20(28-19)21(30)18(29)9-10-26-23(31)32-12-17-15-7-3-1-5-13(15)14-6-2-4-8-16(14)17/h1-8,11,17-18,21,29-30H,9-10,12H2,(H2,25,27)(H,26,31). The molecular formula is C23H23ClN4O4. The van der Waals surface area contributed by atoms with E-state index in [1.807, 2.05) is 36.4 Å². The summed E-state index contributed by atoms with van der Waals surface area (Å²) in [6, 6.07) is 16.2. The Bertz CT molecular complexity index is 1080. The monoisotopic (exact) mass is 454 g/mol. The fourth-order valence-corrected chi connectivity index (χ4v) is 4.06. The van der Waals surface area contributed by atoms with E-state index >= 15 is 0 Å². The van der Waals surface area contributed by atoms with Crippen molar-refractivity contribution in [1.29, 1.82) is 0 Å². The zero-order valence-electron chi connectivity index (χ0n) is 17.1. The van der Waals surface area contributed by atoms with E-state index in [0.717, 1.165) is 22.3 Å². The molecule has 0 bridgehead atoms. The lowest BCUT2D eigenvalue weighted by Gasteiger charge is -2.19. The number of nitrogens with two attached hydrogens (primary N) is 1. The lowest BCUT2D eigenvalue weighted by Crippen LogP contribution is -2.31. The molecule has 1 aliphatic carbocycles. The number of halogens is 1. The average Bonchev–Trinajstić information content (AvgIpc) is 3.12. The fraction of sp³-hybridized carbons (Fsp3) is 0.261. The first kappa shape index (κ1) is 22.0. The smallest absolute Gasteiger partial charge is 0.407 e. The number of anilines is 1. The number of benzene rings is 2. The van der Waals surface area contributed by atoms with E-state index in [1.54, 1.807) is 0 Å². The van der Waals surface area contributed by atoms with E-state index in [4.69, 9.17) is 22.1 Å². The van der Waals surface area contributed by atoms with Crippen molar-refractivity contribution in [3.63, 3.8) is 0 Å². The Hall–Kier alpha value is -3.20. The normalized spacial score (nSPS) is 14.3. The zero-order chi connectivity index (χ0) is 22.7. The number of nitrogens with one attached hydrogen (secondary N) is 1. The number of hydrogen-bond acceptors (Lipinski definition) is 7. The van der Waals surface area contributed by atoms with Gasteiger partial charge in [0.25, 0.3) is 0 Å². The molecule has 2 atom stereocenters. The second-order valence-corrected chi connectivity index (χ2v) is 7.90. The Morgan fingerprint density at radius 1 is 1.12 bits per heavy atom. The molecule has 1 aliphatic rings. The molecule has 2 unspecified atom stereocenters. The minimum atomic E-state index is -1.38. The van der Waals surface area contributed by atoms with Crippen LogP contribution in [0.15, 0.2) is 54.7 Å². The van der Waals surface area contributed by atoms with Crippen molar-refractivity contribution in [2.24, 2.45) is 0 Å². The summed E-state index contributed by atoms with van der Waals surface area (Å²) in [5, 5.41) is 23.1. The molecule has 9 heteroatoms. The van der Waals surface area contributed by atoms with Crippen LogP contribution >= 0.6 is 11.6 Å². The quantitative estimate of drug-likeness (QED) is 0.431. The molecule has 1 amide bonds. The van der Waals surface area contributed by atoms with Gasteiger partial charge in [0.05, 0.1) is 12.3 Å². The Morgan fingerprint density at radius 3 is 2.41 bits per heavy atom. The summed E-state index contributed by atoms with van der Waals surface area (Å²) >= 11 is 5.77. The number of amides is 1. The van der Waals surface area contributed by atoms with Gasteiger partial charge in [0.2, 0.25) is 0 Å². The fourth-order valence-electron chi connectivity index (χ4n) is 3.92. The van der Waals surface area contributed by atoms with Crippen molar-refractivity contribution in [1.82, 2.24) is 15.3 Å². The topological polar surface area (TPSA) is 131 Å². The van der Waals surface area contributed by atoms with Gasteiger partial charge in [-0.15, -0.1) is 0 Å².